The van der Waals surface area contributed by atoms with Crippen LogP contribution in [0, 0.1) is 0 Å². The van der Waals surface area contributed by atoms with Gasteiger partial charge in [-0.3, -0.25) is 4.79 Å². The molecule has 1 saturated heterocycles. The predicted molar refractivity (Wildman–Crippen MR) is 69.2 cm³/mol. The monoisotopic (exact) mass is 262 g/mol. The van der Waals surface area contributed by atoms with Gasteiger partial charge in [0.25, 0.3) is 0 Å². The quantitative estimate of drug-likeness (QED) is 0.898. The lowest BCUT2D eigenvalue weighted by molar-refractivity contribution is -0.130. The average Bonchev–Trinajstić information content (AvgIpc) is 2.92. The fraction of sp³-hybridized carbons (Fsp3) is 0.571. The molecule has 2 aliphatic rings. The number of hydrogen-bond acceptors (Lipinski definition) is 2. The van der Waals surface area contributed by atoms with E-state index >= 15 is 0 Å². The van der Waals surface area contributed by atoms with Crippen molar-refractivity contribution in [2.45, 2.75) is 38.1 Å². The Morgan fingerprint density at radius 2 is 1.95 bits per heavy atom. The number of amides is 1. The molecule has 0 atom stereocenters. The smallest absolute Gasteiger partial charge is 0.337 e. The van der Waals surface area contributed by atoms with Crippen molar-refractivity contribution in [3.63, 3.8) is 0 Å². The lowest BCUT2D eigenvalue weighted by Crippen LogP contribution is -2.31. The highest BCUT2D eigenvalue weighted by Gasteiger charge is 2.32. The van der Waals surface area contributed by atoms with Gasteiger partial charge in [-0.1, -0.05) is 0 Å². The minimum atomic E-state index is -0.894. The summed E-state index contributed by atoms with van der Waals surface area (Å²) >= 11 is 0. The number of hydrogen-bond donors (Lipinski definition) is 1. The van der Waals surface area contributed by atoms with Gasteiger partial charge in [0.15, 0.2) is 0 Å². The van der Waals surface area contributed by atoms with E-state index < -0.39 is 5.97 Å². The molecule has 3 rings (SSSR count). The summed E-state index contributed by atoms with van der Waals surface area (Å²) in [5.74, 6) is -0.464. The zero-order valence-electron chi connectivity index (χ0n) is 10.8. The normalized spacial score (nSPS) is 18.8. The highest BCUT2D eigenvalue weighted by atomic mass is 16.4. The summed E-state index contributed by atoms with van der Waals surface area (Å²) in [5.41, 5.74) is 1.19. The first-order valence-electron chi connectivity index (χ1n) is 6.87. The van der Waals surface area contributed by atoms with E-state index in [0.29, 0.717) is 11.5 Å². The summed E-state index contributed by atoms with van der Waals surface area (Å²) in [4.78, 5) is 25.2. The molecule has 2 fully saturated rings. The molecule has 1 amide bonds. The highest BCUT2D eigenvalue weighted by molar-refractivity contribution is 5.89. The Bertz CT molecular complexity index is 511. The van der Waals surface area contributed by atoms with Gasteiger partial charge in [0.1, 0.15) is 6.54 Å². The first-order valence-corrected chi connectivity index (χ1v) is 6.87. The third kappa shape index (κ3) is 2.37. The average molecular weight is 262 g/mol. The van der Waals surface area contributed by atoms with E-state index in [2.05, 4.69) is 0 Å². The molecular formula is C14H18N2O3. The summed E-state index contributed by atoms with van der Waals surface area (Å²) in [6.07, 6.45) is 5.95. The summed E-state index contributed by atoms with van der Waals surface area (Å²) < 4.78 is 1.84. The first kappa shape index (κ1) is 12.3. The zero-order chi connectivity index (χ0) is 13.4. The molecule has 0 unspecified atom stereocenters. The van der Waals surface area contributed by atoms with E-state index in [4.69, 9.17) is 0 Å². The van der Waals surface area contributed by atoms with Crippen LogP contribution >= 0.6 is 0 Å². The number of carboxylic acid groups (broad SMARTS) is 1. The van der Waals surface area contributed by atoms with E-state index in [-0.39, 0.29) is 12.5 Å². The first-order chi connectivity index (χ1) is 9.16. The summed E-state index contributed by atoms with van der Waals surface area (Å²) in [7, 11) is 0. The topological polar surface area (TPSA) is 62.5 Å². The molecule has 1 saturated carbocycles. The van der Waals surface area contributed by atoms with Crippen LogP contribution in [-0.2, 0) is 11.3 Å². The van der Waals surface area contributed by atoms with Crippen LogP contribution in [0.2, 0.25) is 0 Å². The molecule has 1 aliphatic heterocycles. The Morgan fingerprint density at radius 1 is 1.26 bits per heavy atom. The van der Waals surface area contributed by atoms with Crippen molar-refractivity contribution in [1.29, 1.82) is 0 Å². The number of carbonyl (C=O) groups excluding carboxylic acids is 1. The summed E-state index contributed by atoms with van der Waals surface area (Å²) in [6.45, 7) is 1.95. The third-order valence-electron chi connectivity index (χ3n) is 3.97. The van der Waals surface area contributed by atoms with Crippen molar-refractivity contribution < 1.29 is 14.7 Å². The third-order valence-corrected chi connectivity index (χ3v) is 3.97. The van der Waals surface area contributed by atoms with Crippen molar-refractivity contribution in [2.24, 2.45) is 0 Å². The van der Waals surface area contributed by atoms with Gasteiger partial charge in [-0.2, -0.15) is 0 Å². The summed E-state index contributed by atoms with van der Waals surface area (Å²) in [6, 6.07) is 1.62. The lowest BCUT2D eigenvalue weighted by Gasteiger charge is -2.17. The van der Waals surface area contributed by atoms with Gasteiger partial charge < -0.3 is 14.6 Å². The minimum Gasteiger partial charge on any atom is -0.478 e. The molecule has 5 heteroatoms. The van der Waals surface area contributed by atoms with Crippen molar-refractivity contribution in [3.8, 4) is 0 Å². The maximum atomic E-state index is 12.1. The van der Waals surface area contributed by atoms with Crippen LogP contribution in [-0.4, -0.2) is 39.5 Å². The molecule has 102 valence electrons. The zero-order valence-corrected chi connectivity index (χ0v) is 10.8. The Morgan fingerprint density at radius 3 is 2.53 bits per heavy atom. The molecule has 0 aromatic carbocycles. The molecule has 0 radical (unpaired) electrons. The van der Waals surface area contributed by atoms with E-state index in [1.54, 1.807) is 12.3 Å². The molecular weight excluding hydrogens is 244 g/mol. The maximum Gasteiger partial charge on any atom is 0.337 e. The molecule has 1 N–H and O–H groups in total. The highest BCUT2D eigenvalue weighted by Crippen LogP contribution is 2.42. The van der Waals surface area contributed by atoms with E-state index in [1.165, 1.54) is 0 Å². The molecule has 1 aliphatic carbocycles. The Kier molecular flexibility index (Phi) is 3.05. The van der Waals surface area contributed by atoms with E-state index in [0.717, 1.165) is 44.5 Å². The molecule has 5 nitrogen and oxygen atoms in total. The van der Waals surface area contributed by atoms with E-state index in [1.807, 2.05) is 9.47 Å². The van der Waals surface area contributed by atoms with Crippen molar-refractivity contribution in [2.75, 3.05) is 13.1 Å². The molecule has 19 heavy (non-hydrogen) atoms. The fourth-order valence-electron chi connectivity index (χ4n) is 2.83. The maximum absolute atomic E-state index is 12.1. The Labute approximate surface area is 111 Å². The van der Waals surface area contributed by atoms with Crippen LogP contribution in [0.4, 0.5) is 0 Å². The van der Waals surface area contributed by atoms with Gasteiger partial charge in [-0.05, 0) is 31.7 Å². The van der Waals surface area contributed by atoms with Gasteiger partial charge in [-0.25, -0.2) is 4.79 Å². The Balaban J connectivity index is 1.80. The number of aromatic nitrogens is 1. The van der Waals surface area contributed by atoms with Gasteiger partial charge in [0, 0.05) is 30.9 Å². The van der Waals surface area contributed by atoms with Gasteiger partial charge in [-0.15, -0.1) is 0 Å². The number of nitrogens with zero attached hydrogens (tertiary/aromatic N) is 2. The second-order valence-electron chi connectivity index (χ2n) is 5.41. The van der Waals surface area contributed by atoms with E-state index in [9.17, 15) is 14.7 Å². The van der Waals surface area contributed by atoms with Crippen molar-refractivity contribution in [1.82, 2.24) is 9.47 Å². The molecule has 0 spiro atoms. The number of carboxylic acids is 1. The molecule has 1 aromatic rings. The number of likely N-dealkylation sites (tertiary alicyclic amines) is 1. The van der Waals surface area contributed by atoms with Gasteiger partial charge in [0.05, 0.1) is 5.56 Å². The lowest BCUT2D eigenvalue weighted by atomic mass is 10.2. The summed E-state index contributed by atoms with van der Waals surface area (Å²) in [5, 5.41) is 9.19. The fourth-order valence-corrected chi connectivity index (χ4v) is 2.83. The largest absolute Gasteiger partial charge is 0.478 e. The Hall–Kier alpha value is -1.78. The number of rotatable bonds is 4. The second kappa shape index (κ2) is 4.72. The van der Waals surface area contributed by atoms with Crippen LogP contribution in [0.25, 0.3) is 0 Å². The standard InChI is InChI=1S/C14H18N2O3/c17-12(15-6-1-2-7-15)9-16-8-5-11(14(18)19)13(16)10-3-4-10/h5,8,10H,1-4,6-7,9H2,(H,18,19). The van der Waals surface area contributed by atoms with Crippen molar-refractivity contribution in [3.05, 3.63) is 23.5 Å². The van der Waals surface area contributed by atoms with Crippen LogP contribution in [0.15, 0.2) is 12.3 Å². The van der Waals surface area contributed by atoms with Gasteiger partial charge in [0.2, 0.25) is 5.91 Å². The van der Waals surface area contributed by atoms with Crippen LogP contribution in [0.3, 0.4) is 0 Å². The van der Waals surface area contributed by atoms with Crippen LogP contribution < -0.4 is 0 Å². The predicted octanol–water partition coefficient (Wildman–Crippen LogP) is 1.69. The second-order valence-corrected chi connectivity index (χ2v) is 5.41. The van der Waals surface area contributed by atoms with Crippen LogP contribution in [0.5, 0.6) is 0 Å². The SMILES string of the molecule is O=C(O)c1ccn(CC(=O)N2CCCC2)c1C1CC1. The molecule has 1 aromatic heterocycles. The number of carbonyl (C=O) groups is 2. The molecule has 2 heterocycles. The molecule has 0 bridgehead atoms. The minimum absolute atomic E-state index is 0.104. The van der Waals surface area contributed by atoms with Crippen LogP contribution in [0.1, 0.15) is 47.7 Å². The number of aromatic carboxylic acids is 1. The van der Waals surface area contributed by atoms with Gasteiger partial charge >= 0.3 is 5.97 Å². The van der Waals surface area contributed by atoms with Crippen molar-refractivity contribution >= 4 is 11.9 Å².